The van der Waals surface area contributed by atoms with Gasteiger partial charge in [-0.2, -0.15) is 0 Å². The minimum atomic E-state index is -0.389. The van der Waals surface area contributed by atoms with E-state index >= 15 is 0 Å². The zero-order valence-electron chi connectivity index (χ0n) is 11.3. The van der Waals surface area contributed by atoms with Crippen LogP contribution in [-0.4, -0.2) is 30.0 Å². The number of para-hydroxylation sites is 1. The highest BCUT2D eigenvalue weighted by molar-refractivity contribution is 5.20. The van der Waals surface area contributed by atoms with E-state index < -0.39 is 0 Å². The van der Waals surface area contributed by atoms with Crippen LogP contribution in [0.3, 0.4) is 0 Å². The monoisotopic (exact) mass is 252 g/mol. The summed E-state index contributed by atoms with van der Waals surface area (Å²) in [4.78, 5) is 0. The molecule has 3 nitrogen and oxygen atoms in total. The molecule has 1 aromatic rings. The van der Waals surface area contributed by atoms with Gasteiger partial charge < -0.3 is 14.9 Å². The van der Waals surface area contributed by atoms with Crippen molar-refractivity contribution in [2.75, 3.05) is 19.8 Å². The lowest BCUT2D eigenvalue weighted by Crippen LogP contribution is -2.35. The van der Waals surface area contributed by atoms with Crippen LogP contribution in [0.5, 0.6) is 5.75 Å². The predicted octanol–water partition coefficient (Wildman–Crippen LogP) is 2.47. The minimum Gasteiger partial charge on any atom is -0.494 e. The summed E-state index contributed by atoms with van der Waals surface area (Å²) in [6.07, 6.45) is 1.60. The summed E-state index contributed by atoms with van der Waals surface area (Å²) in [6.45, 7) is 4.71. The molecule has 102 valence electrons. The molecule has 1 rings (SSSR count). The maximum absolute atomic E-state index is 9.46. The van der Waals surface area contributed by atoms with Crippen LogP contribution in [0, 0.1) is 11.3 Å². The number of aliphatic hydroxyl groups excluding tert-OH is 2. The summed E-state index contributed by atoms with van der Waals surface area (Å²) in [6, 6.07) is 9.68. The zero-order valence-corrected chi connectivity index (χ0v) is 11.3. The van der Waals surface area contributed by atoms with E-state index in [1.54, 1.807) is 0 Å². The van der Waals surface area contributed by atoms with Crippen LogP contribution in [0.2, 0.25) is 0 Å². The van der Waals surface area contributed by atoms with Crippen LogP contribution in [0.15, 0.2) is 30.3 Å². The number of ether oxygens (including phenoxy) is 1. The van der Waals surface area contributed by atoms with Crippen molar-refractivity contribution in [3.8, 4) is 5.75 Å². The molecule has 0 fully saturated rings. The minimum absolute atomic E-state index is 0.0203. The number of hydrogen-bond donors (Lipinski definition) is 2. The van der Waals surface area contributed by atoms with E-state index in [1.165, 1.54) is 0 Å². The summed E-state index contributed by atoms with van der Waals surface area (Å²) < 4.78 is 5.61. The second-order valence-corrected chi connectivity index (χ2v) is 5.10. The lowest BCUT2D eigenvalue weighted by atomic mass is 9.75. The van der Waals surface area contributed by atoms with Gasteiger partial charge >= 0.3 is 0 Å². The number of benzene rings is 1. The van der Waals surface area contributed by atoms with Gasteiger partial charge in [0.2, 0.25) is 0 Å². The Morgan fingerprint density at radius 2 is 1.72 bits per heavy atom. The van der Waals surface area contributed by atoms with Crippen LogP contribution in [0.4, 0.5) is 0 Å². The molecule has 18 heavy (non-hydrogen) atoms. The third-order valence-corrected chi connectivity index (χ3v) is 3.69. The summed E-state index contributed by atoms with van der Waals surface area (Å²) in [5, 5.41) is 18.9. The van der Waals surface area contributed by atoms with Crippen LogP contribution < -0.4 is 4.74 Å². The molecule has 0 saturated heterocycles. The number of rotatable bonds is 8. The van der Waals surface area contributed by atoms with Gasteiger partial charge in [0.15, 0.2) is 0 Å². The molecule has 0 unspecified atom stereocenters. The van der Waals surface area contributed by atoms with Crippen LogP contribution in [-0.2, 0) is 0 Å². The topological polar surface area (TPSA) is 49.7 Å². The normalized spacial score (nSPS) is 11.8. The fraction of sp³-hybridized carbons (Fsp3) is 0.600. The first-order valence-corrected chi connectivity index (χ1v) is 6.54. The SMILES string of the molecule is CC(C)C(CO)(CO)CCCOc1ccccc1. The molecule has 0 atom stereocenters. The Hall–Kier alpha value is -1.06. The molecule has 0 radical (unpaired) electrons. The predicted molar refractivity (Wildman–Crippen MR) is 72.6 cm³/mol. The van der Waals surface area contributed by atoms with Crippen molar-refractivity contribution in [2.24, 2.45) is 11.3 Å². The third-order valence-electron chi connectivity index (χ3n) is 3.69. The molecule has 0 heterocycles. The van der Waals surface area contributed by atoms with Crippen molar-refractivity contribution in [2.45, 2.75) is 26.7 Å². The van der Waals surface area contributed by atoms with E-state index in [2.05, 4.69) is 0 Å². The first-order chi connectivity index (χ1) is 8.64. The Bertz CT molecular complexity index is 318. The van der Waals surface area contributed by atoms with Gasteiger partial charge in [0.05, 0.1) is 19.8 Å². The lowest BCUT2D eigenvalue weighted by molar-refractivity contribution is 0.00492. The lowest BCUT2D eigenvalue weighted by Gasteiger charge is -2.34. The van der Waals surface area contributed by atoms with E-state index in [-0.39, 0.29) is 24.5 Å². The van der Waals surface area contributed by atoms with Crippen LogP contribution in [0.1, 0.15) is 26.7 Å². The highest BCUT2D eigenvalue weighted by atomic mass is 16.5. The molecule has 0 amide bonds. The standard InChI is InChI=1S/C15H24O3/c1-13(2)15(11-16,12-17)9-6-10-18-14-7-4-3-5-8-14/h3-5,7-8,13,16-17H,6,9-12H2,1-2H3. The van der Waals surface area contributed by atoms with Crippen molar-refractivity contribution in [3.63, 3.8) is 0 Å². The summed E-state index contributed by atoms with van der Waals surface area (Å²) in [5.74, 6) is 1.12. The Kier molecular flexibility index (Phi) is 6.16. The van der Waals surface area contributed by atoms with Crippen molar-refractivity contribution < 1.29 is 14.9 Å². The molecule has 0 aliphatic carbocycles. The quantitative estimate of drug-likeness (QED) is 0.699. The highest BCUT2D eigenvalue weighted by Gasteiger charge is 2.31. The second-order valence-electron chi connectivity index (χ2n) is 5.10. The van der Waals surface area contributed by atoms with Gasteiger partial charge in [0.1, 0.15) is 5.75 Å². The van der Waals surface area contributed by atoms with Gasteiger partial charge in [0.25, 0.3) is 0 Å². The van der Waals surface area contributed by atoms with Crippen molar-refractivity contribution in [1.29, 1.82) is 0 Å². The molecule has 0 aromatic heterocycles. The molecular formula is C15H24O3. The third kappa shape index (κ3) is 4.00. The fourth-order valence-corrected chi connectivity index (χ4v) is 1.99. The molecule has 0 aliphatic rings. The van der Waals surface area contributed by atoms with Gasteiger partial charge in [-0.15, -0.1) is 0 Å². The van der Waals surface area contributed by atoms with Crippen molar-refractivity contribution in [1.82, 2.24) is 0 Å². The van der Waals surface area contributed by atoms with Gasteiger partial charge in [-0.05, 0) is 30.9 Å². The molecular weight excluding hydrogens is 228 g/mol. The molecule has 0 bridgehead atoms. The maximum atomic E-state index is 9.46. The van der Waals surface area contributed by atoms with Gasteiger partial charge in [0, 0.05) is 5.41 Å². The molecule has 3 heteroatoms. The van der Waals surface area contributed by atoms with Crippen molar-refractivity contribution in [3.05, 3.63) is 30.3 Å². The average Bonchev–Trinajstić information content (AvgIpc) is 2.40. The largest absolute Gasteiger partial charge is 0.494 e. The highest BCUT2D eigenvalue weighted by Crippen LogP contribution is 2.31. The smallest absolute Gasteiger partial charge is 0.119 e. The number of hydrogen-bond acceptors (Lipinski definition) is 3. The van der Waals surface area contributed by atoms with Crippen LogP contribution >= 0.6 is 0 Å². The molecule has 1 aromatic carbocycles. The number of aliphatic hydroxyl groups is 2. The second kappa shape index (κ2) is 7.39. The van der Waals surface area contributed by atoms with E-state index in [1.807, 2.05) is 44.2 Å². The first kappa shape index (κ1) is 15.0. The van der Waals surface area contributed by atoms with Gasteiger partial charge in [-0.25, -0.2) is 0 Å². The summed E-state index contributed by atoms with van der Waals surface area (Å²) in [5.41, 5.74) is -0.389. The van der Waals surface area contributed by atoms with Gasteiger partial charge in [-0.3, -0.25) is 0 Å². The molecule has 0 spiro atoms. The maximum Gasteiger partial charge on any atom is 0.119 e. The average molecular weight is 252 g/mol. The molecule has 0 aliphatic heterocycles. The van der Waals surface area contributed by atoms with E-state index in [4.69, 9.17) is 4.74 Å². The first-order valence-electron chi connectivity index (χ1n) is 6.54. The van der Waals surface area contributed by atoms with E-state index in [0.29, 0.717) is 6.61 Å². The molecule has 0 saturated carbocycles. The van der Waals surface area contributed by atoms with Crippen LogP contribution in [0.25, 0.3) is 0 Å². The summed E-state index contributed by atoms with van der Waals surface area (Å²) >= 11 is 0. The zero-order chi connectivity index (χ0) is 13.4. The Morgan fingerprint density at radius 3 is 2.22 bits per heavy atom. The van der Waals surface area contributed by atoms with E-state index in [9.17, 15) is 10.2 Å². The molecule has 2 N–H and O–H groups in total. The fourth-order valence-electron chi connectivity index (χ4n) is 1.99. The Labute approximate surface area is 109 Å². The Balaban J connectivity index is 2.36. The Morgan fingerprint density at radius 1 is 1.11 bits per heavy atom. The van der Waals surface area contributed by atoms with Crippen molar-refractivity contribution >= 4 is 0 Å². The summed E-state index contributed by atoms with van der Waals surface area (Å²) in [7, 11) is 0. The van der Waals surface area contributed by atoms with Gasteiger partial charge in [-0.1, -0.05) is 32.0 Å². The van der Waals surface area contributed by atoms with E-state index in [0.717, 1.165) is 18.6 Å².